The average molecular weight is 283 g/mol. The van der Waals surface area contributed by atoms with Crippen LogP contribution in [0.5, 0.6) is 0 Å². The van der Waals surface area contributed by atoms with E-state index in [0.29, 0.717) is 18.1 Å². The molecule has 2 N–H and O–H groups in total. The lowest BCUT2D eigenvalue weighted by Crippen LogP contribution is -2.12. The van der Waals surface area contributed by atoms with Crippen molar-refractivity contribution in [3.05, 3.63) is 23.8 Å². The quantitative estimate of drug-likeness (QED) is 0.642. The Hall–Kier alpha value is -2.09. The van der Waals surface area contributed by atoms with E-state index >= 15 is 0 Å². The van der Waals surface area contributed by atoms with Crippen LogP contribution < -0.4 is 5.73 Å². The number of ether oxygens (including phenoxy) is 1. The summed E-state index contributed by atoms with van der Waals surface area (Å²) in [5.41, 5.74) is 8.17. The van der Waals surface area contributed by atoms with Crippen LogP contribution in [0.25, 0.3) is 11.4 Å². The number of anilines is 1. The van der Waals surface area contributed by atoms with Crippen molar-refractivity contribution in [3.8, 4) is 11.4 Å². The van der Waals surface area contributed by atoms with Crippen LogP contribution in [0.15, 0.2) is 18.2 Å². The second kappa shape index (κ2) is 6.38. The van der Waals surface area contributed by atoms with Gasteiger partial charge in [0.1, 0.15) is 6.61 Å². The Labute approximate surface area is 114 Å². The molecule has 0 unspecified atom stereocenters. The number of nitrogens with zero attached hydrogens (tertiary/aromatic N) is 4. The summed E-state index contributed by atoms with van der Waals surface area (Å²) in [5.74, 6) is 0.529. The summed E-state index contributed by atoms with van der Waals surface area (Å²) in [6.45, 7) is 1.74. The Morgan fingerprint density at radius 2 is 2.15 bits per heavy atom. The lowest BCUT2D eigenvalue weighted by atomic mass is 10.1. The van der Waals surface area contributed by atoms with Crippen molar-refractivity contribution in [2.45, 2.75) is 19.9 Å². The molecule has 0 aliphatic rings. The molecule has 0 bridgehead atoms. The van der Waals surface area contributed by atoms with Crippen LogP contribution in [0.4, 0.5) is 14.5 Å². The highest BCUT2D eigenvalue weighted by atomic mass is 19.3. The Kier molecular flexibility index (Phi) is 4.57. The van der Waals surface area contributed by atoms with Gasteiger partial charge in [-0.05, 0) is 41.1 Å². The summed E-state index contributed by atoms with van der Waals surface area (Å²) in [6, 6.07) is 5.50. The van der Waals surface area contributed by atoms with Gasteiger partial charge in [-0.1, -0.05) is 0 Å². The highest BCUT2D eigenvalue weighted by Crippen LogP contribution is 2.20. The van der Waals surface area contributed by atoms with Gasteiger partial charge in [0.05, 0.1) is 13.2 Å². The molecule has 1 aromatic heterocycles. The highest BCUT2D eigenvalue weighted by molar-refractivity contribution is 5.62. The molecular weight excluding hydrogens is 268 g/mol. The molecule has 8 heteroatoms. The second-order valence-electron chi connectivity index (χ2n) is 4.32. The third-order valence-corrected chi connectivity index (χ3v) is 2.58. The number of aryl methyl sites for hydroxylation is 1. The number of alkyl halides is 2. The van der Waals surface area contributed by atoms with Gasteiger partial charge in [-0.2, -0.15) is 0 Å². The van der Waals surface area contributed by atoms with E-state index in [1.807, 2.05) is 19.1 Å². The smallest absolute Gasteiger partial charge is 0.261 e. The number of nitrogen functional groups attached to an aromatic ring is 1. The summed E-state index contributed by atoms with van der Waals surface area (Å²) in [7, 11) is 0. The molecule has 0 atom stereocenters. The van der Waals surface area contributed by atoms with E-state index < -0.39 is 13.0 Å². The van der Waals surface area contributed by atoms with Crippen molar-refractivity contribution < 1.29 is 13.5 Å². The summed E-state index contributed by atoms with van der Waals surface area (Å²) >= 11 is 0. The SMILES string of the molecule is Cc1cc(N)cc(-c2nnnn2CCOCC(F)F)c1. The van der Waals surface area contributed by atoms with Gasteiger partial charge in [0.15, 0.2) is 5.82 Å². The third kappa shape index (κ3) is 3.70. The average Bonchev–Trinajstić information content (AvgIpc) is 2.81. The minimum atomic E-state index is -2.47. The van der Waals surface area contributed by atoms with E-state index in [0.717, 1.165) is 11.1 Å². The van der Waals surface area contributed by atoms with E-state index in [2.05, 4.69) is 15.5 Å². The van der Waals surface area contributed by atoms with Crippen molar-refractivity contribution in [2.75, 3.05) is 18.9 Å². The lowest BCUT2D eigenvalue weighted by Gasteiger charge is -2.07. The maximum Gasteiger partial charge on any atom is 0.261 e. The molecule has 1 aromatic carbocycles. The van der Waals surface area contributed by atoms with Gasteiger partial charge in [0, 0.05) is 11.3 Å². The predicted octanol–water partition coefficient (Wildman–Crippen LogP) is 1.51. The van der Waals surface area contributed by atoms with Crippen LogP contribution in [-0.2, 0) is 11.3 Å². The molecule has 0 saturated carbocycles. The normalized spacial score (nSPS) is 11.2. The fourth-order valence-electron chi connectivity index (χ4n) is 1.83. The molecule has 20 heavy (non-hydrogen) atoms. The summed E-state index contributed by atoms with van der Waals surface area (Å²) in [5, 5.41) is 11.3. The van der Waals surface area contributed by atoms with Gasteiger partial charge in [-0.15, -0.1) is 5.10 Å². The molecule has 0 saturated heterocycles. The molecule has 0 amide bonds. The van der Waals surface area contributed by atoms with Gasteiger partial charge in [-0.3, -0.25) is 0 Å². The van der Waals surface area contributed by atoms with E-state index in [4.69, 9.17) is 10.5 Å². The summed E-state index contributed by atoms with van der Waals surface area (Å²) in [6.07, 6.45) is -2.47. The van der Waals surface area contributed by atoms with E-state index in [9.17, 15) is 8.78 Å². The molecule has 1 heterocycles. The van der Waals surface area contributed by atoms with Crippen molar-refractivity contribution in [1.29, 1.82) is 0 Å². The maximum atomic E-state index is 11.9. The first-order chi connectivity index (χ1) is 9.56. The van der Waals surface area contributed by atoms with Crippen LogP contribution >= 0.6 is 0 Å². The van der Waals surface area contributed by atoms with E-state index in [1.54, 1.807) is 6.07 Å². The van der Waals surface area contributed by atoms with Gasteiger partial charge in [0.25, 0.3) is 6.43 Å². The number of tetrazole rings is 1. The maximum absolute atomic E-state index is 11.9. The number of rotatable bonds is 6. The largest absolute Gasteiger partial charge is 0.399 e. The second-order valence-corrected chi connectivity index (χ2v) is 4.32. The van der Waals surface area contributed by atoms with Gasteiger partial charge >= 0.3 is 0 Å². The van der Waals surface area contributed by atoms with E-state index in [1.165, 1.54) is 4.68 Å². The Morgan fingerprint density at radius 1 is 1.35 bits per heavy atom. The molecule has 2 aromatic rings. The van der Waals surface area contributed by atoms with Crippen molar-refractivity contribution >= 4 is 5.69 Å². The first-order valence-electron chi connectivity index (χ1n) is 6.06. The molecule has 0 spiro atoms. The van der Waals surface area contributed by atoms with Crippen LogP contribution in [0.3, 0.4) is 0 Å². The standard InChI is InChI=1S/C12H15F2N5O/c1-8-4-9(6-10(15)5-8)12-16-17-18-19(12)2-3-20-7-11(13)14/h4-6,11H,2-3,7,15H2,1H3. The molecule has 0 fully saturated rings. The molecule has 0 aliphatic heterocycles. The highest BCUT2D eigenvalue weighted by Gasteiger charge is 2.10. The monoisotopic (exact) mass is 283 g/mol. The Bertz CT molecular complexity index is 552. The number of benzene rings is 1. The third-order valence-electron chi connectivity index (χ3n) is 2.58. The summed E-state index contributed by atoms with van der Waals surface area (Å²) in [4.78, 5) is 0. The molecule has 2 rings (SSSR count). The minimum Gasteiger partial charge on any atom is -0.399 e. The van der Waals surface area contributed by atoms with Gasteiger partial charge in [0.2, 0.25) is 0 Å². The van der Waals surface area contributed by atoms with Crippen LogP contribution in [-0.4, -0.2) is 39.8 Å². The number of halogens is 2. The molecular formula is C12H15F2N5O. The summed E-state index contributed by atoms with van der Waals surface area (Å²) < 4.78 is 30.2. The number of nitrogens with two attached hydrogens (primary N) is 1. The molecule has 0 aliphatic carbocycles. The fourth-order valence-corrected chi connectivity index (χ4v) is 1.83. The van der Waals surface area contributed by atoms with Crippen molar-refractivity contribution in [3.63, 3.8) is 0 Å². The Morgan fingerprint density at radius 3 is 2.85 bits per heavy atom. The molecule has 108 valence electrons. The van der Waals surface area contributed by atoms with Gasteiger partial charge in [-0.25, -0.2) is 13.5 Å². The first kappa shape index (κ1) is 14.3. The molecule has 0 radical (unpaired) electrons. The van der Waals surface area contributed by atoms with Crippen LogP contribution in [0, 0.1) is 6.92 Å². The topological polar surface area (TPSA) is 78.9 Å². The first-order valence-corrected chi connectivity index (χ1v) is 6.06. The predicted molar refractivity (Wildman–Crippen MR) is 69.2 cm³/mol. The number of hydrogen-bond donors (Lipinski definition) is 1. The zero-order valence-electron chi connectivity index (χ0n) is 11.0. The van der Waals surface area contributed by atoms with E-state index in [-0.39, 0.29) is 6.61 Å². The van der Waals surface area contributed by atoms with Crippen molar-refractivity contribution in [1.82, 2.24) is 20.2 Å². The zero-order valence-corrected chi connectivity index (χ0v) is 11.0. The minimum absolute atomic E-state index is 0.115. The Balaban J connectivity index is 2.08. The molecule has 6 nitrogen and oxygen atoms in total. The number of hydrogen-bond acceptors (Lipinski definition) is 5. The zero-order chi connectivity index (χ0) is 14.5. The lowest BCUT2D eigenvalue weighted by molar-refractivity contribution is 0.0140. The van der Waals surface area contributed by atoms with Gasteiger partial charge < -0.3 is 10.5 Å². The van der Waals surface area contributed by atoms with Crippen LogP contribution in [0.1, 0.15) is 5.56 Å². The van der Waals surface area contributed by atoms with Crippen molar-refractivity contribution in [2.24, 2.45) is 0 Å². The van der Waals surface area contributed by atoms with Crippen LogP contribution in [0.2, 0.25) is 0 Å². The number of aromatic nitrogens is 4. The fraction of sp³-hybridized carbons (Fsp3) is 0.417.